The topological polar surface area (TPSA) is 74.4 Å². The first-order valence-electron chi connectivity index (χ1n) is 8.90. The smallest absolute Gasteiger partial charge is 0.268 e. The van der Waals surface area contributed by atoms with Crippen molar-refractivity contribution in [2.24, 2.45) is 0 Å². The molecule has 0 aliphatic carbocycles. The Morgan fingerprint density at radius 1 is 1.23 bits per heavy atom. The lowest BCUT2D eigenvalue weighted by atomic mass is 10.0. The molecule has 0 radical (unpaired) electrons. The second-order valence-electron chi connectivity index (χ2n) is 6.71. The van der Waals surface area contributed by atoms with Gasteiger partial charge in [-0.15, -0.1) is 0 Å². The predicted molar refractivity (Wildman–Crippen MR) is 99.4 cm³/mol. The summed E-state index contributed by atoms with van der Waals surface area (Å²) in [5, 5.41) is 3.10. The van der Waals surface area contributed by atoms with E-state index in [4.69, 9.17) is 4.74 Å². The van der Waals surface area contributed by atoms with Crippen LogP contribution in [-0.2, 0) is 4.74 Å². The molecule has 0 spiro atoms. The number of ketones is 1. The number of Topliss-reactive ketones (excluding diaryl/α,β-unsaturated/α-hetero) is 1. The highest BCUT2D eigenvalue weighted by atomic mass is 16.5. The van der Waals surface area contributed by atoms with Crippen molar-refractivity contribution in [3.05, 3.63) is 58.9 Å². The summed E-state index contributed by atoms with van der Waals surface area (Å²) in [5.74, 6) is -0.278. The molecule has 2 heterocycles. The van der Waals surface area contributed by atoms with Crippen LogP contribution in [0.2, 0.25) is 0 Å². The van der Waals surface area contributed by atoms with Gasteiger partial charge in [0.2, 0.25) is 0 Å². The van der Waals surface area contributed by atoms with Crippen molar-refractivity contribution in [2.75, 3.05) is 32.8 Å². The van der Waals surface area contributed by atoms with E-state index >= 15 is 0 Å². The van der Waals surface area contributed by atoms with Gasteiger partial charge in [0.1, 0.15) is 5.69 Å². The number of ether oxygens (including phenoxy) is 1. The van der Waals surface area contributed by atoms with Crippen molar-refractivity contribution in [2.45, 2.75) is 19.9 Å². The molecule has 0 unspecified atom stereocenters. The third-order valence-corrected chi connectivity index (χ3v) is 4.66. The zero-order valence-corrected chi connectivity index (χ0v) is 15.2. The average molecular weight is 355 g/mol. The van der Waals surface area contributed by atoms with Gasteiger partial charge in [0.05, 0.1) is 19.3 Å². The van der Waals surface area contributed by atoms with Crippen LogP contribution in [0.1, 0.15) is 44.9 Å². The van der Waals surface area contributed by atoms with Crippen LogP contribution < -0.4 is 5.32 Å². The highest BCUT2D eigenvalue weighted by molar-refractivity contribution is 5.99. The maximum Gasteiger partial charge on any atom is 0.268 e. The number of nitrogens with one attached hydrogen (secondary N) is 2. The lowest BCUT2D eigenvalue weighted by Crippen LogP contribution is -2.43. The van der Waals surface area contributed by atoms with Gasteiger partial charge in [0, 0.05) is 31.4 Å². The predicted octanol–water partition coefficient (Wildman–Crippen LogP) is 2.33. The standard InChI is InChI=1S/C20H25N3O3/c1-14-3-5-16(6-4-14)19(13-23-7-9-26-10-8-23)22-20(25)18-11-17(12-21-18)15(2)24/h3-6,11-12,19,21H,7-10,13H2,1-2H3,(H,22,25)/t19-/m0/s1. The third-order valence-electron chi connectivity index (χ3n) is 4.66. The molecule has 1 atom stereocenters. The van der Waals surface area contributed by atoms with E-state index in [1.807, 2.05) is 6.92 Å². The monoisotopic (exact) mass is 355 g/mol. The van der Waals surface area contributed by atoms with Crippen LogP contribution in [0.3, 0.4) is 0 Å². The zero-order chi connectivity index (χ0) is 18.5. The Kier molecular flexibility index (Phi) is 5.85. The maximum atomic E-state index is 12.7. The lowest BCUT2D eigenvalue weighted by molar-refractivity contribution is 0.0332. The number of aryl methyl sites for hydroxylation is 1. The Hall–Kier alpha value is -2.44. The van der Waals surface area contributed by atoms with Crippen molar-refractivity contribution in [3.63, 3.8) is 0 Å². The molecule has 6 heteroatoms. The van der Waals surface area contributed by atoms with Gasteiger partial charge in [0.25, 0.3) is 5.91 Å². The van der Waals surface area contributed by atoms with Crippen molar-refractivity contribution in [1.29, 1.82) is 0 Å². The number of rotatable bonds is 6. The van der Waals surface area contributed by atoms with Crippen LogP contribution in [0.5, 0.6) is 0 Å². The van der Waals surface area contributed by atoms with Gasteiger partial charge in [-0.3, -0.25) is 14.5 Å². The Labute approximate surface area is 153 Å². The Bertz CT molecular complexity index is 761. The van der Waals surface area contributed by atoms with E-state index in [1.54, 1.807) is 12.3 Å². The van der Waals surface area contributed by atoms with Crippen molar-refractivity contribution in [1.82, 2.24) is 15.2 Å². The number of nitrogens with zero attached hydrogens (tertiary/aromatic N) is 1. The molecule has 6 nitrogen and oxygen atoms in total. The van der Waals surface area contributed by atoms with Crippen molar-refractivity contribution < 1.29 is 14.3 Å². The first kappa shape index (κ1) is 18.4. The molecule has 1 fully saturated rings. The molecule has 1 aliphatic heterocycles. The van der Waals surface area contributed by atoms with E-state index in [0.29, 0.717) is 24.5 Å². The van der Waals surface area contributed by atoms with E-state index in [-0.39, 0.29) is 17.7 Å². The molecule has 138 valence electrons. The number of carbonyl (C=O) groups is 2. The number of hydrogen-bond acceptors (Lipinski definition) is 4. The molecule has 1 aromatic carbocycles. The van der Waals surface area contributed by atoms with Gasteiger partial charge < -0.3 is 15.0 Å². The van der Waals surface area contributed by atoms with Crippen LogP contribution in [0.4, 0.5) is 0 Å². The third kappa shape index (κ3) is 4.59. The molecule has 1 aliphatic rings. The maximum absolute atomic E-state index is 12.7. The highest BCUT2D eigenvalue weighted by Crippen LogP contribution is 2.17. The van der Waals surface area contributed by atoms with Crippen LogP contribution in [0, 0.1) is 6.92 Å². The average Bonchev–Trinajstić information content (AvgIpc) is 3.13. The number of H-pyrrole nitrogens is 1. The number of morpholine rings is 1. The fourth-order valence-corrected chi connectivity index (χ4v) is 3.04. The minimum Gasteiger partial charge on any atom is -0.379 e. The molecule has 1 aromatic heterocycles. The molecular formula is C20H25N3O3. The molecule has 0 bridgehead atoms. The second kappa shape index (κ2) is 8.29. The summed E-state index contributed by atoms with van der Waals surface area (Å²) in [7, 11) is 0. The summed E-state index contributed by atoms with van der Waals surface area (Å²) < 4.78 is 5.41. The normalized spacial score (nSPS) is 16.2. The van der Waals surface area contributed by atoms with Gasteiger partial charge in [0.15, 0.2) is 5.78 Å². The first-order valence-corrected chi connectivity index (χ1v) is 8.90. The minimum absolute atomic E-state index is 0.0660. The van der Waals surface area contributed by atoms with Gasteiger partial charge >= 0.3 is 0 Å². The van der Waals surface area contributed by atoms with Crippen molar-refractivity contribution in [3.8, 4) is 0 Å². The van der Waals surface area contributed by atoms with Gasteiger partial charge in [-0.05, 0) is 25.5 Å². The number of aromatic nitrogens is 1. The highest BCUT2D eigenvalue weighted by Gasteiger charge is 2.21. The largest absolute Gasteiger partial charge is 0.379 e. The lowest BCUT2D eigenvalue weighted by Gasteiger charge is -2.31. The van der Waals surface area contributed by atoms with E-state index < -0.39 is 0 Å². The first-order chi connectivity index (χ1) is 12.5. The summed E-state index contributed by atoms with van der Waals surface area (Å²) in [6.45, 7) is 7.39. The molecule has 3 rings (SSSR count). The summed E-state index contributed by atoms with van der Waals surface area (Å²) in [5.41, 5.74) is 3.15. The number of hydrogen-bond donors (Lipinski definition) is 2. The van der Waals surface area contributed by atoms with E-state index in [0.717, 1.165) is 25.2 Å². The minimum atomic E-state index is -0.212. The Morgan fingerprint density at radius 2 is 1.92 bits per heavy atom. The molecule has 0 saturated carbocycles. The summed E-state index contributed by atoms with van der Waals surface area (Å²) >= 11 is 0. The van der Waals surface area contributed by atoms with Crippen LogP contribution >= 0.6 is 0 Å². The number of aromatic amines is 1. The zero-order valence-electron chi connectivity index (χ0n) is 15.2. The summed E-state index contributed by atoms with van der Waals surface area (Å²) in [4.78, 5) is 29.3. The molecule has 1 saturated heterocycles. The van der Waals surface area contributed by atoms with Gasteiger partial charge in [-0.1, -0.05) is 29.8 Å². The molecule has 26 heavy (non-hydrogen) atoms. The van der Waals surface area contributed by atoms with Gasteiger partial charge in [-0.2, -0.15) is 0 Å². The van der Waals surface area contributed by atoms with Crippen LogP contribution in [0.15, 0.2) is 36.5 Å². The fraction of sp³-hybridized carbons (Fsp3) is 0.400. The Balaban J connectivity index is 1.76. The molecule has 1 amide bonds. The quantitative estimate of drug-likeness (QED) is 0.780. The summed E-state index contributed by atoms with van der Waals surface area (Å²) in [6, 6.07) is 9.67. The SMILES string of the molecule is CC(=O)c1c[nH]c(C(=O)N[C@@H](CN2CCOCC2)c2ccc(C)cc2)c1. The van der Waals surface area contributed by atoms with E-state index in [1.165, 1.54) is 12.5 Å². The van der Waals surface area contributed by atoms with Crippen LogP contribution in [0.25, 0.3) is 0 Å². The number of carbonyl (C=O) groups excluding carboxylic acids is 2. The molecule has 2 aromatic rings. The van der Waals surface area contributed by atoms with Gasteiger partial charge in [-0.25, -0.2) is 0 Å². The number of amides is 1. The fourth-order valence-electron chi connectivity index (χ4n) is 3.04. The second-order valence-corrected chi connectivity index (χ2v) is 6.71. The Morgan fingerprint density at radius 3 is 2.54 bits per heavy atom. The van der Waals surface area contributed by atoms with Crippen LogP contribution in [-0.4, -0.2) is 54.4 Å². The summed E-state index contributed by atoms with van der Waals surface area (Å²) in [6.07, 6.45) is 1.57. The number of benzene rings is 1. The molecular weight excluding hydrogens is 330 g/mol. The van der Waals surface area contributed by atoms with E-state index in [2.05, 4.69) is 39.5 Å². The molecule has 2 N–H and O–H groups in total. The van der Waals surface area contributed by atoms with E-state index in [9.17, 15) is 9.59 Å². The van der Waals surface area contributed by atoms with Crippen molar-refractivity contribution >= 4 is 11.7 Å².